The van der Waals surface area contributed by atoms with Crippen LogP contribution in [-0.2, 0) is 12.8 Å². The summed E-state index contributed by atoms with van der Waals surface area (Å²) in [5, 5.41) is 3.80. The van der Waals surface area contributed by atoms with Gasteiger partial charge in [-0.3, -0.25) is 4.79 Å². The molecule has 5 rings (SSSR count). The molecular formula is C28H29ClN2O. The molecule has 0 spiro atoms. The first-order chi connectivity index (χ1) is 15.6. The van der Waals surface area contributed by atoms with E-state index in [4.69, 9.17) is 11.6 Å². The number of nitrogens with one attached hydrogen (secondary N) is 1. The first-order valence-electron chi connectivity index (χ1n) is 11.7. The first-order valence-corrected chi connectivity index (χ1v) is 12.0. The number of hydrogen-bond acceptors (Lipinski definition) is 2. The number of carbonyl (C=O) groups is 1. The fraction of sp³-hybridized carbons (Fsp3) is 0.321. The Morgan fingerprint density at radius 3 is 2.31 bits per heavy atom. The molecule has 4 heteroatoms. The molecule has 1 unspecified atom stereocenters. The van der Waals surface area contributed by atoms with Gasteiger partial charge >= 0.3 is 0 Å². The molecule has 3 aromatic rings. The summed E-state index contributed by atoms with van der Waals surface area (Å²) in [6.45, 7) is 3.79. The molecule has 1 aliphatic carbocycles. The second kappa shape index (κ2) is 9.48. The molecule has 1 heterocycles. The highest BCUT2D eigenvalue weighted by atomic mass is 35.5. The Bertz CT molecular complexity index is 1090. The van der Waals surface area contributed by atoms with E-state index in [1.54, 1.807) is 0 Å². The van der Waals surface area contributed by atoms with Crippen LogP contribution in [0.2, 0.25) is 5.02 Å². The van der Waals surface area contributed by atoms with E-state index in [1.807, 2.05) is 48.5 Å². The summed E-state index contributed by atoms with van der Waals surface area (Å²) < 4.78 is 0. The van der Waals surface area contributed by atoms with Crippen LogP contribution in [0.3, 0.4) is 0 Å². The van der Waals surface area contributed by atoms with Crippen molar-refractivity contribution in [2.24, 2.45) is 5.92 Å². The molecule has 164 valence electrons. The summed E-state index contributed by atoms with van der Waals surface area (Å²) in [5.41, 5.74) is 6.53. The van der Waals surface area contributed by atoms with Gasteiger partial charge in [0.15, 0.2) is 0 Å². The smallest absolute Gasteiger partial charge is 0.255 e. The minimum absolute atomic E-state index is 0.0738. The lowest BCUT2D eigenvalue weighted by Gasteiger charge is -2.28. The van der Waals surface area contributed by atoms with E-state index < -0.39 is 0 Å². The van der Waals surface area contributed by atoms with E-state index in [0.29, 0.717) is 5.56 Å². The summed E-state index contributed by atoms with van der Waals surface area (Å²) in [7, 11) is 0. The highest BCUT2D eigenvalue weighted by molar-refractivity contribution is 6.30. The standard InChI is InChI=1S/C28H29ClN2O/c29-26-12-9-22(10-13-26)21-5-7-23(8-6-21)28(32)30-27-14-11-24-17-20(3-4-25(24)18-27)19-31-15-1-2-16-31/h5-14,18,20H,1-4,15-17,19H2,(H,30,32). The number of amides is 1. The van der Waals surface area contributed by atoms with Gasteiger partial charge in [0.05, 0.1) is 0 Å². The van der Waals surface area contributed by atoms with Crippen LogP contribution < -0.4 is 5.32 Å². The van der Waals surface area contributed by atoms with Gasteiger partial charge < -0.3 is 10.2 Å². The number of aryl methyl sites for hydroxylation is 1. The normalized spacial score (nSPS) is 18.3. The number of carbonyl (C=O) groups excluding carboxylic acids is 1. The number of rotatable bonds is 5. The second-order valence-corrected chi connectivity index (χ2v) is 9.57. The summed E-state index contributed by atoms with van der Waals surface area (Å²) in [6, 6.07) is 21.9. The van der Waals surface area contributed by atoms with E-state index in [1.165, 1.54) is 50.0 Å². The molecule has 0 saturated carbocycles. The zero-order valence-corrected chi connectivity index (χ0v) is 19.1. The molecule has 2 aliphatic rings. The molecule has 1 fully saturated rings. The largest absolute Gasteiger partial charge is 0.322 e. The molecule has 1 N–H and O–H groups in total. The third kappa shape index (κ3) is 4.90. The van der Waals surface area contributed by atoms with E-state index >= 15 is 0 Å². The maximum absolute atomic E-state index is 12.8. The Balaban J connectivity index is 1.22. The Kier molecular flexibility index (Phi) is 6.29. The van der Waals surface area contributed by atoms with E-state index in [2.05, 4.69) is 28.4 Å². The van der Waals surface area contributed by atoms with Crippen LogP contribution in [0.25, 0.3) is 11.1 Å². The van der Waals surface area contributed by atoms with Crippen molar-refractivity contribution in [3.05, 3.63) is 88.4 Å². The van der Waals surface area contributed by atoms with Crippen molar-refractivity contribution in [2.45, 2.75) is 32.1 Å². The van der Waals surface area contributed by atoms with E-state index in [0.717, 1.165) is 40.6 Å². The average molecular weight is 445 g/mol. The zero-order chi connectivity index (χ0) is 21.9. The molecule has 0 radical (unpaired) electrons. The number of likely N-dealkylation sites (tertiary alicyclic amines) is 1. The number of hydrogen-bond donors (Lipinski definition) is 1. The minimum Gasteiger partial charge on any atom is -0.322 e. The third-order valence-electron chi connectivity index (χ3n) is 6.83. The quantitative estimate of drug-likeness (QED) is 0.489. The van der Waals surface area contributed by atoms with E-state index in [9.17, 15) is 4.79 Å². The van der Waals surface area contributed by atoms with Crippen molar-refractivity contribution in [1.29, 1.82) is 0 Å². The van der Waals surface area contributed by atoms with Gasteiger partial charge in [0.25, 0.3) is 5.91 Å². The molecule has 0 aromatic heterocycles. The molecular weight excluding hydrogens is 416 g/mol. The molecule has 32 heavy (non-hydrogen) atoms. The van der Waals surface area contributed by atoms with Crippen LogP contribution in [-0.4, -0.2) is 30.4 Å². The Morgan fingerprint density at radius 1 is 0.906 bits per heavy atom. The van der Waals surface area contributed by atoms with Crippen molar-refractivity contribution >= 4 is 23.2 Å². The average Bonchev–Trinajstić information content (AvgIpc) is 3.33. The second-order valence-electron chi connectivity index (χ2n) is 9.14. The fourth-order valence-corrected chi connectivity index (χ4v) is 5.18. The maximum atomic E-state index is 12.8. The van der Waals surface area contributed by atoms with Crippen LogP contribution >= 0.6 is 11.6 Å². The van der Waals surface area contributed by atoms with Crippen LogP contribution in [0.5, 0.6) is 0 Å². The van der Waals surface area contributed by atoms with Crippen LogP contribution in [0.4, 0.5) is 5.69 Å². The van der Waals surface area contributed by atoms with Gasteiger partial charge in [0, 0.05) is 22.8 Å². The van der Waals surface area contributed by atoms with Gasteiger partial charge in [-0.15, -0.1) is 0 Å². The van der Waals surface area contributed by atoms with Crippen LogP contribution in [0, 0.1) is 5.92 Å². The Morgan fingerprint density at radius 2 is 1.59 bits per heavy atom. The van der Waals surface area contributed by atoms with E-state index in [-0.39, 0.29) is 5.91 Å². The zero-order valence-electron chi connectivity index (χ0n) is 18.3. The lowest BCUT2D eigenvalue weighted by atomic mass is 9.83. The molecule has 3 nitrogen and oxygen atoms in total. The monoisotopic (exact) mass is 444 g/mol. The third-order valence-corrected chi connectivity index (χ3v) is 7.09. The van der Waals surface area contributed by atoms with Gasteiger partial charge in [0.1, 0.15) is 0 Å². The highest BCUT2D eigenvalue weighted by Crippen LogP contribution is 2.29. The van der Waals surface area contributed by atoms with Crippen molar-refractivity contribution < 1.29 is 4.79 Å². The van der Waals surface area contributed by atoms with Crippen molar-refractivity contribution in [3.63, 3.8) is 0 Å². The lowest BCUT2D eigenvalue weighted by Crippen LogP contribution is -2.30. The van der Waals surface area contributed by atoms with Gasteiger partial charge in [-0.25, -0.2) is 0 Å². The van der Waals surface area contributed by atoms with Crippen LogP contribution in [0.1, 0.15) is 40.7 Å². The summed E-state index contributed by atoms with van der Waals surface area (Å²) in [4.78, 5) is 15.4. The summed E-state index contributed by atoms with van der Waals surface area (Å²) in [5.74, 6) is 0.690. The van der Waals surface area contributed by atoms with Crippen molar-refractivity contribution in [3.8, 4) is 11.1 Å². The Labute approximate surface area is 195 Å². The molecule has 3 aromatic carbocycles. The Hall–Kier alpha value is -2.62. The highest BCUT2D eigenvalue weighted by Gasteiger charge is 2.23. The predicted octanol–water partition coefficient (Wildman–Crippen LogP) is 6.46. The number of nitrogens with zero attached hydrogens (tertiary/aromatic N) is 1. The molecule has 0 bridgehead atoms. The minimum atomic E-state index is -0.0738. The fourth-order valence-electron chi connectivity index (χ4n) is 5.05. The van der Waals surface area contributed by atoms with Gasteiger partial charge in [-0.05, 0) is 110 Å². The van der Waals surface area contributed by atoms with Crippen molar-refractivity contribution in [1.82, 2.24) is 4.90 Å². The van der Waals surface area contributed by atoms with Gasteiger partial charge in [0.2, 0.25) is 0 Å². The van der Waals surface area contributed by atoms with Gasteiger partial charge in [-0.2, -0.15) is 0 Å². The summed E-state index contributed by atoms with van der Waals surface area (Å²) in [6.07, 6.45) is 6.22. The SMILES string of the molecule is O=C(Nc1ccc2c(c1)CCC(CN1CCCC1)C2)c1ccc(-c2ccc(Cl)cc2)cc1. The first kappa shape index (κ1) is 21.2. The van der Waals surface area contributed by atoms with Crippen LogP contribution in [0.15, 0.2) is 66.7 Å². The predicted molar refractivity (Wildman–Crippen MR) is 132 cm³/mol. The molecule has 1 saturated heterocycles. The molecule has 1 atom stereocenters. The number of halogens is 1. The van der Waals surface area contributed by atoms with Gasteiger partial charge in [-0.1, -0.05) is 41.9 Å². The number of fused-ring (bicyclic) bond motifs is 1. The lowest BCUT2D eigenvalue weighted by molar-refractivity contribution is 0.102. The maximum Gasteiger partial charge on any atom is 0.255 e. The number of benzene rings is 3. The molecule has 1 amide bonds. The topological polar surface area (TPSA) is 32.3 Å². The molecule has 1 aliphatic heterocycles. The summed E-state index contributed by atoms with van der Waals surface area (Å²) >= 11 is 5.97. The van der Waals surface area contributed by atoms with Crippen molar-refractivity contribution in [2.75, 3.05) is 25.0 Å². The number of anilines is 1.